The van der Waals surface area contributed by atoms with Crippen molar-refractivity contribution in [3.05, 3.63) is 71.8 Å². The van der Waals surface area contributed by atoms with Crippen molar-refractivity contribution in [2.24, 2.45) is 0 Å². The molecule has 0 unspecified atom stereocenters. The van der Waals surface area contributed by atoms with Gasteiger partial charge >= 0.3 is 0 Å². The van der Waals surface area contributed by atoms with Crippen molar-refractivity contribution in [3.8, 4) is 5.75 Å². The molecule has 1 N–H and O–H groups in total. The monoisotopic (exact) mass is 407 g/mol. The van der Waals surface area contributed by atoms with Gasteiger partial charge in [0.05, 0.1) is 34.8 Å². The summed E-state index contributed by atoms with van der Waals surface area (Å²) >= 11 is 1.17. The first-order chi connectivity index (χ1) is 14.2. The van der Waals surface area contributed by atoms with Crippen LogP contribution in [-0.4, -0.2) is 30.8 Å². The second-order valence-electron chi connectivity index (χ2n) is 6.65. The highest BCUT2D eigenvalue weighted by atomic mass is 32.1. The zero-order chi connectivity index (χ0) is 20.1. The van der Waals surface area contributed by atoms with Gasteiger partial charge in [-0.25, -0.2) is 4.98 Å². The molecule has 1 amide bonds. The van der Waals surface area contributed by atoms with E-state index in [-0.39, 0.29) is 5.91 Å². The average molecular weight is 407 g/mol. The summed E-state index contributed by atoms with van der Waals surface area (Å²) in [5.74, 6) is 0.521. The van der Waals surface area contributed by atoms with E-state index in [9.17, 15) is 4.79 Å². The van der Waals surface area contributed by atoms with E-state index >= 15 is 0 Å². The van der Waals surface area contributed by atoms with Crippen LogP contribution in [0.1, 0.15) is 28.2 Å². The van der Waals surface area contributed by atoms with Gasteiger partial charge in [-0.15, -0.1) is 0 Å². The second kappa shape index (κ2) is 8.83. The van der Waals surface area contributed by atoms with E-state index < -0.39 is 0 Å². The summed E-state index contributed by atoms with van der Waals surface area (Å²) in [6.07, 6.45) is 2.66. The normalized spacial score (nSPS) is 10.9. The van der Waals surface area contributed by atoms with Gasteiger partial charge in [0.15, 0.2) is 0 Å². The van der Waals surface area contributed by atoms with Crippen LogP contribution in [0.25, 0.3) is 11.0 Å². The number of nitrogens with zero attached hydrogens (tertiary/aromatic N) is 4. The molecule has 0 aliphatic heterocycles. The van der Waals surface area contributed by atoms with E-state index in [1.807, 2.05) is 43.6 Å². The van der Waals surface area contributed by atoms with Gasteiger partial charge in [0.1, 0.15) is 18.1 Å². The van der Waals surface area contributed by atoms with Crippen molar-refractivity contribution < 1.29 is 9.53 Å². The second-order valence-corrected chi connectivity index (χ2v) is 7.18. The highest BCUT2D eigenvalue weighted by Gasteiger charge is 2.08. The molecule has 2 heterocycles. The smallest absolute Gasteiger partial charge is 0.251 e. The first kappa shape index (κ1) is 19.1. The van der Waals surface area contributed by atoms with Crippen LogP contribution < -0.4 is 10.1 Å². The fourth-order valence-corrected chi connectivity index (χ4v) is 3.55. The van der Waals surface area contributed by atoms with Crippen LogP contribution in [0, 0.1) is 6.92 Å². The Hall–Kier alpha value is -3.26. The first-order valence-corrected chi connectivity index (χ1v) is 10.1. The molecule has 29 heavy (non-hydrogen) atoms. The largest absolute Gasteiger partial charge is 0.487 e. The van der Waals surface area contributed by atoms with E-state index in [0.717, 1.165) is 35.4 Å². The number of carbonyl (C=O) groups is 1. The van der Waals surface area contributed by atoms with Gasteiger partial charge < -0.3 is 14.6 Å². The molecular weight excluding hydrogens is 386 g/mol. The van der Waals surface area contributed by atoms with Crippen molar-refractivity contribution in [1.82, 2.24) is 23.6 Å². The van der Waals surface area contributed by atoms with E-state index in [1.165, 1.54) is 11.7 Å². The Balaban J connectivity index is 1.27. The minimum Gasteiger partial charge on any atom is -0.487 e. The molecule has 4 aromatic rings. The molecule has 0 aliphatic rings. The molecule has 7 nitrogen and oxygen atoms in total. The lowest BCUT2D eigenvalue weighted by Gasteiger charge is -2.09. The number of imidazole rings is 1. The summed E-state index contributed by atoms with van der Waals surface area (Å²) in [7, 11) is 0. The summed E-state index contributed by atoms with van der Waals surface area (Å²) in [5, 5.41) is 2.97. The third-order valence-corrected chi connectivity index (χ3v) is 5.26. The zero-order valence-corrected chi connectivity index (χ0v) is 16.9. The number of aryl methyl sites for hydroxylation is 2. The summed E-state index contributed by atoms with van der Waals surface area (Å²) in [6.45, 7) is 3.62. The number of hydrogen-bond acceptors (Lipinski definition) is 6. The Morgan fingerprint density at radius 1 is 1.17 bits per heavy atom. The average Bonchev–Trinajstić information content (AvgIpc) is 3.35. The first-order valence-electron chi connectivity index (χ1n) is 9.39. The maximum absolute atomic E-state index is 12.5. The van der Waals surface area contributed by atoms with Gasteiger partial charge in [-0.3, -0.25) is 4.79 Å². The van der Waals surface area contributed by atoms with Gasteiger partial charge in [0.2, 0.25) is 0 Å². The number of nitrogens with one attached hydrogen (secondary N) is 1. The SMILES string of the molecule is Cc1nsnc1COc1cccc(C(=O)NCCCn2cnc3ccccc32)c1. The number of hydrogen-bond donors (Lipinski definition) is 1. The predicted molar refractivity (Wildman–Crippen MR) is 112 cm³/mol. The molecule has 0 radical (unpaired) electrons. The molecule has 0 fully saturated rings. The minimum absolute atomic E-state index is 0.113. The summed E-state index contributed by atoms with van der Waals surface area (Å²) in [5.41, 5.74) is 4.35. The van der Waals surface area contributed by atoms with Gasteiger partial charge in [-0.05, 0) is 43.7 Å². The molecule has 0 spiro atoms. The molecule has 8 heteroatoms. The molecule has 0 saturated carbocycles. The van der Waals surface area contributed by atoms with Crippen LogP contribution >= 0.6 is 11.7 Å². The Bertz CT molecular complexity index is 1120. The molecular formula is C21H21N5O2S. The maximum Gasteiger partial charge on any atom is 0.251 e. The summed E-state index contributed by atoms with van der Waals surface area (Å²) in [6, 6.07) is 15.2. The number of rotatable bonds is 8. The molecule has 0 atom stereocenters. The Morgan fingerprint density at radius 3 is 2.93 bits per heavy atom. The Kier molecular flexibility index (Phi) is 5.81. The highest BCUT2D eigenvalue weighted by molar-refractivity contribution is 6.99. The number of fused-ring (bicyclic) bond motifs is 1. The third-order valence-electron chi connectivity index (χ3n) is 4.61. The lowest BCUT2D eigenvalue weighted by molar-refractivity contribution is 0.0952. The number of ether oxygens (including phenoxy) is 1. The highest BCUT2D eigenvalue weighted by Crippen LogP contribution is 2.16. The van der Waals surface area contributed by atoms with Crippen LogP contribution in [0.15, 0.2) is 54.9 Å². The van der Waals surface area contributed by atoms with E-state index in [2.05, 4.69) is 29.7 Å². The van der Waals surface area contributed by atoms with Crippen molar-refractivity contribution in [2.45, 2.75) is 26.5 Å². The van der Waals surface area contributed by atoms with Crippen LogP contribution in [0.3, 0.4) is 0 Å². The number of carbonyl (C=O) groups excluding carboxylic acids is 1. The molecule has 0 bridgehead atoms. The maximum atomic E-state index is 12.5. The van der Waals surface area contributed by atoms with E-state index in [0.29, 0.717) is 24.5 Å². The van der Waals surface area contributed by atoms with Gasteiger partial charge in [0, 0.05) is 18.7 Å². The minimum atomic E-state index is -0.113. The van der Waals surface area contributed by atoms with E-state index in [1.54, 1.807) is 12.1 Å². The van der Waals surface area contributed by atoms with Crippen molar-refractivity contribution >= 4 is 28.7 Å². The van der Waals surface area contributed by atoms with Gasteiger partial charge in [-0.2, -0.15) is 8.75 Å². The standard InChI is InChI=1S/C21H21N5O2S/c1-15-19(25-29-24-15)13-28-17-7-4-6-16(12-17)21(27)22-10-5-11-26-14-23-18-8-2-3-9-20(18)26/h2-4,6-9,12,14H,5,10-11,13H2,1H3,(H,22,27). The molecule has 0 aliphatic carbocycles. The zero-order valence-electron chi connectivity index (χ0n) is 16.0. The number of benzene rings is 2. The van der Waals surface area contributed by atoms with Crippen LogP contribution in [0.2, 0.25) is 0 Å². The van der Waals surface area contributed by atoms with Gasteiger partial charge in [0.25, 0.3) is 5.91 Å². The molecule has 4 rings (SSSR count). The Labute approximate surface area is 172 Å². The summed E-state index contributed by atoms with van der Waals surface area (Å²) < 4.78 is 16.2. The topological polar surface area (TPSA) is 81.9 Å². The fraction of sp³-hybridized carbons (Fsp3) is 0.238. The molecule has 2 aromatic carbocycles. The van der Waals surface area contributed by atoms with Gasteiger partial charge in [-0.1, -0.05) is 18.2 Å². The molecule has 0 saturated heterocycles. The summed E-state index contributed by atoms with van der Waals surface area (Å²) in [4.78, 5) is 16.8. The number of amides is 1. The van der Waals surface area contributed by atoms with Crippen molar-refractivity contribution in [2.75, 3.05) is 6.54 Å². The van der Waals surface area contributed by atoms with Crippen molar-refractivity contribution in [1.29, 1.82) is 0 Å². The quantitative estimate of drug-likeness (QED) is 0.451. The van der Waals surface area contributed by atoms with Crippen LogP contribution in [0.5, 0.6) is 5.75 Å². The predicted octanol–water partition coefficient (Wildman–Crippen LogP) is 3.60. The molecule has 148 valence electrons. The fourth-order valence-electron chi connectivity index (χ4n) is 3.00. The Morgan fingerprint density at radius 2 is 2.07 bits per heavy atom. The third kappa shape index (κ3) is 4.60. The molecule has 2 aromatic heterocycles. The van der Waals surface area contributed by atoms with Crippen LogP contribution in [0.4, 0.5) is 0 Å². The lowest BCUT2D eigenvalue weighted by Crippen LogP contribution is -2.25. The van der Waals surface area contributed by atoms with E-state index in [4.69, 9.17) is 4.74 Å². The number of aromatic nitrogens is 4. The van der Waals surface area contributed by atoms with Crippen LogP contribution in [-0.2, 0) is 13.2 Å². The number of para-hydroxylation sites is 2. The lowest BCUT2D eigenvalue weighted by atomic mass is 10.2. The van der Waals surface area contributed by atoms with Crippen molar-refractivity contribution in [3.63, 3.8) is 0 Å².